The topological polar surface area (TPSA) is 177 Å². The van der Waals surface area contributed by atoms with Crippen molar-refractivity contribution < 1.29 is 38.0 Å². The number of nitrogens with zero attached hydrogens (tertiary/aromatic N) is 3. The van der Waals surface area contributed by atoms with Crippen molar-refractivity contribution in [3.63, 3.8) is 0 Å². The molecule has 0 spiro atoms. The Labute approximate surface area is 352 Å². The van der Waals surface area contributed by atoms with E-state index in [1.165, 1.54) is 35.7 Å². The van der Waals surface area contributed by atoms with Gasteiger partial charge in [0.2, 0.25) is 41.4 Å². The predicted molar refractivity (Wildman–Crippen MR) is 220 cm³/mol. The van der Waals surface area contributed by atoms with Gasteiger partial charge in [-0.25, -0.2) is 4.39 Å². The number of carbonyl (C=O) groups is 7. The Hall–Kier alpha value is -3.98. The highest BCUT2D eigenvalue weighted by Crippen LogP contribution is 2.30. The second-order valence-electron chi connectivity index (χ2n) is 16.6. The van der Waals surface area contributed by atoms with Crippen LogP contribution in [0.4, 0.5) is 4.39 Å². The van der Waals surface area contributed by atoms with Crippen LogP contribution in [0, 0.1) is 11.3 Å². The quantitative estimate of drug-likeness (QED) is 0.262. The second kappa shape index (κ2) is 21.3. The SMILES string of the molecule is CC[C@H](NC(=O)[C@@H]1C[C@@H](F)CN1C(=O)C(C)(C)CC)C(=O)N(C)[C@H]1CCCCNC(=O)[C@@H](C)NC(=O)[C@H](Cc2cc(Cl)ccc2Cl)N(C)C(=O)[C@H](CC(C)C)NC1=O. The number of amides is 7. The fraction of sp³-hybridized carbons (Fsp3) is 0.683. The molecule has 2 heterocycles. The van der Waals surface area contributed by atoms with Gasteiger partial charge in [0.25, 0.3) is 0 Å². The summed E-state index contributed by atoms with van der Waals surface area (Å²) < 4.78 is 14.7. The number of hydrogen-bond acceptors (Lipinski definition) is 7. The molecule has 1 aromatic carbocycles. The van der Waals surface area contributed by atoms with E-state index in [4.69, 9.17) is 23.2 Å². The van der Waals surface area contributed by atoms with Crippen LogP contribution in [-0.2, 0) is 40.0 Å². The fourth-order valence-electron chi connectivity index (χ4n) is 7.18. The van der Waals surface area contributed by atoms with Crippen molar-refractivity contribution in [2.75, 3.05) is 27.2 Å². The third kappa shape index (κ3) is 12.5. The molecule has 0 unspecified atom stereocenters. The Bertz CT molecular complexity index is 1680. The molecule has 0 aliphatic carbocycles. The van der Waals surface area contributed by atoms with Gasteiger partial charge in [0.15, 0.2) is 0 Å². The Morgan fingerprint density at radius 3 is 2.33 bits per heavy atom. The van der Waals surface area contributed by atoms with Crippen molar-refractivity contribution in [1.29, 1.82) is 0 Å². The standard InChI is InChI=1S/C41H62Cl2FN7O7/c1-10-29(47-37(55)33-21-27(44)22-51(33)40(58)41(6,7)11-2)38(56)49(8)31-14-12-13-17-45-34(52)24(5)46-36(54)32(20-25-19-26(42)15-16-28(25)43)50(9)39(57)30(18-23(3)4)48-35(31)53/h15-16,19,23-24,27,29-33H,10-14,17-18,20-22H2,1-9H3,(H,45,52)(H,46,54)(H,47,55)(H,48,53)/t24-,27-,29+,30+,31+,32+,33+/m1/s1. The van der Waals surface area contributed by atoms with Crippen LogP contribution in [0.5, 0.6) is 0 Å². The van der Waals surface area contributed by atoms with Crippen LogP contribution in [0.25, 0.3) is 0 Å². The number of likely N-dealkylation sites (tertiary alicyclic amines) is 1. The number of halogens is 3. The summed E-state index contributed by atoms with van der Waals surface area (Å²) in [7, 11) is 2.88. The summed E-state index contributed by atoms with van der Waals surface area (Å²) in [6.45, 7) is 12.3. The molecular weight excluding hydrogens is 792 g/mol. The molecule has 0 aromatic heterocycles. The van der Waals surface area contributed by atoms with Gasteiger partial charge in [0, 0.05) is 48.9 Å². The van der Waals surface area contributed by atoms with Gasteiger partial charge < -0.3 is 36.0 Å². The molecule has 0 radical (unpaired) electrons. The average Bonchev–Trinajstić information content (AvgIpc) is 3.57. The summed E-state index contributed by atoms with van der Waals surface area (Å²) in [4.78, 5) is 100. The monoisotopic (exact) mass is 853 g/mol. The van der Waals surface area contributed by atoms with E-state index in [0.717, 1.165) is 0 Å². The van der Waals surface area contributed by atoms with Gasteiger partial charge in [-0.2, -0.15) is 0 Å². The van der Waals surface area contributed by atoms with Crippen molar-refractivity contribution >= 4 is 64.6 Å². The summed E-state index contributed by atoms with van der Waals surface area (Å²) in [6.07, 6.45) is 0.105. The lowest BCUT2D eigenvalue weighted by Gasteiger charge is -2.35. The minimum Gasteiger partial charge on any atom is -0.354 e. The normalized spacial score (nSPS) is 24.8. The first kappa shape index (κ1) is 48.4. The van der Waals surface area contributed by atoms with Gasteiger partial charge in [-0.05, 0) is 75.1 Å². The lowest BCUT2D eigenvalue weighted by Crippen LogP contribution is -2.60. The molecule has 1 aromatic rings. The second-order valence-corrected chi connectivity index (χ2v) is 17.4. The van der Waals surface area contributed by atoms with Crippen molar-refractivity contribution in [3.8, 4) is 0 Å². The molecule has 0 saturated carbocycles. The molecule has 324 valence electrons. The summed E-state index contributed by atoms with van der Waals surface area (Å²) >= 11 is 12.7. The first-order valence-corrected chi connectivity index (χ1v) is 21.0. The molecule has 3 rings (SSSR count). The van der Waals surface area contributed by atoms with E-state index in [-0.39, 0.29) is 57.0 Å². The van der Waals surface area contributed by atoms with Crippen LogP contribution >= 0.6 is 23.2 Å². The maximum atomic E-state index is 14.7. The highest BCUT2D eigenvalue weighted by atomic mass is 35.5. The van der Waals surface area contributed by atoms with Crippen LogP contribution in [0.15, 0.2) is 18.2 Å². The molecular formula is C41H62Cl2FN7O7. The number of likely N-dealkylation sites (N-methyl/N-ethyl adjacent to an activating group) is 2. The van der Waals surface area contributed by atoms with E-state index in [2.05, 4.69) is 21.3 Å². The molecule has 4 N–H and O–H groups in total. The number of carbonyl (C=O) groups excluding carboxylic acids is 7. The highest BCUT2D eigenvalue weighted by molar-refractivity contribution is 6.33. The molecule has 0 bridgehead atoms. The van der Waals surface area contributed by atoms with Gasteiger partial charge in [-0.1, -0.05) is 64.7 Å². The minimum absolute atomic E-state index is 0.0523. The summed E-state index contributed by atoms with van der Waals surface area (Å²) in [5.41, 5.74) is -0.327. The van der Waals surface area contributed by atoms with Crippen LogP contribution in [0.3, 0.4) is 0 Å². The molecule has 17 heteroatoms. The zero-order valence-electron chi connectivity index (χ0n) is 35.3. The maximum Gasteiger partial charge on any atom is 0.245 e. The van der Waals surface area contributed by atoms with E-state index in [1.807, 2.05) is 20.8 Å². The molecule has 14 nitrogen and oxygen atoms in total. The van der Waals surface area contributed by atoms with E-state index in [9.17, 15) is 38.0 Å². The zero-order valence-corrected chi connectivity index (χ0v) is 36.8. The summed E-state index contributed by atoms with van der Waals surface area (Å²) in [5, 5.41) is 11.8. The van der Waals surface area contributed by atoms with E-state index >= 15 is 0 Å². The number of hydrogen-bond donors (Lipinski definition) is 4. The van der Waals surface area contributed by atoms with Crippen LogP contribution < -0.4 is 21.3 Å². The van der Waals surface area contributed by atoms with Gasteiger partial charge in [-0.3, -0.25) is 33.6 Å². The fourth-order valence-corrected chi connectivity index (χ4v) is 7.57. The first-order chi connectivity index (χ1) is 27.1. The van der Waals surface area contributed by atoms with Crippen molar-refractivity contribution in [2.45, 2.75) is 142 Å². The number of benzene rings is 1. The predicted octanol–water partition coefficient (Wildman–Crippen LogP) is 3.80. The Morgan fingerprint density at radius 2 is 1.71 bits per heavy atom. The molecule has 2 aliphatic rings. The van der Waals surface area contributed by atoms with Crippen molar-refractivity contribution in [2.24, 2.45) is 11.3 Å². The lowest BCUT2D eigenvalue weighted by atomic mass is 9.88. The highest BCUT2D eigenvalue weighted by Gasteiger charge is 2.45. The summed E-state index contributed by atoms with van der Waals surface area (Å²) in [6, 6.07) is -1.79. The van der Waals surface area contributed by atoms with Gasteiger partial charge in [-0.15, -0.1) is 0 Å². The largest absolute Gasteiger partial charge is 0.354 e. The third-order valence-corrected chi connectivity index (χ3v) is 11.8. The minimum atomic E-state index is -1.40. The average molecular weight is 855 g/mol. The maximum absolute atomic E-state index is 14.7. The van der Waals surface area contributed by atoms with E-state index in [0.29, 0.717) is 34.9 Å². The Balaban J connectivity index is 1.95. The molecule has 2 fully saturated rings. The zero-order chi connectivity index (χ0) is 43.6. The lowest BCUT2D eigenvalue weighted by molar-refractivity contribution is -0.147. The molecule has 58 heavy (non-hydrogen) atoms. The summed E-state index contributed by atoms with van der Waals surface area (Å²) in [5.74, 6) is -3.96. The molecule has 7 atom stereocenters. The van der Waals surface area contributed by atoms with Crippen LogP contribution in [0.2, 0.25) is 10.0 Å². The number of nitrogens with one attached hydrogen (secondary N) is 4. The van der Waals surface area contributed by atoms with E-state index < -0.39 is 83.3 Å². The molecule has 7 amide bonds. The van der Waals surface area contributed by atoms with Crippen LogP contribution in [0.1, 0.15) is 99.0 Å². The first-order valence-electron chi connectivity index (χ1n) is 20.2. The van der Waals surface area contributed by atoms with Crippen molar-refractivity contribution in [1.82, 2.24) is 36.0 Å². The van der Waals surface area contributed by atoms with Crippen LogP contribution in [-0.4, -0.2) is 126 Å². The van der Waals surface area contributed by atoms with Gasteiger partial charge in [0.1, 0.15) is 42.4 Å². The van der Waals surface area contributed by atoms with E-state index in [1.54, 1.807) is 39.0 Å². The number of rotatable bonds is 11. The Morgan fingerprint density at radius 1 is 1.03 bits per heavy atom. The van der Waals surface area contributed by atoms with Gasteiger partial charge >= 0.3 is 0 Å². The van der Waals surface area contributed by atoms with Gasteiger partial charge in [0.05, 0.1) is 6.54 Å². The van der Waals surface area contributed by atoms with Crippen molar-refractivity contribution in [3.05, 3.63) is 33.8 Å². The number of alkyl halides is 1. The molecule has 2 saturated heterocycles. The Kier molecular flexibility index (Phi) is 17.8. The smallest absolute Gasteiger partial charge is 0.245 e. The third-order valence-electron chi connectivity index (χ3n) is 11.2. The molecule has 2 aliphatic heterocycles.